The van der Waals surface area contributed by atoms with Crippen molar-refractivity contribution in [1.29, 1.82) is 0 Å². The van der Waals surface area contributed by atoms with E-state index in [1.807, 2.05) is 12.1 Å². The van der Waals surface area contributed by atoms with Crippen LogP contribution >= 0.6 is 0 Å². The summed E-state index contributed by atoms with van der Waals surface area (Å²) in [5, 5.41) is 0. The van der Waals surface area contributed by atoms with E-state index in [2.05, 4.69) is 6.07 Å². The number of benzene rings is 1. The maximum atomic E-state index is 5.88. The molecule has 2 N–H and O–H groups in total. The van der Waals surface area contributed by atoms with Crippen molar-refractivity contribution in [3.63, 3.8) is 0 Å². The molecule has 2 heterocycles. The molecule has 0 aromatic heterocycles. The van der Waals surface area contributed by atoms with Crippen LogP contribution in [0.4, 0.5) is 0 Å². The minimum atomic E-state index is 0.250. The van der Waals surface area contributed by atoms with Gasteiger partial charge in [0.15, 0.2) is 11.5 Å². The molecule has 2 aliphatic rings. The Morgan fingerprint density at radius 1 is 1.29 bits per heavy atom. The van der Waals surface area contributed by atoms with Crippen LogP contribution in [0.25, 0.3) is 0 Å². The Balaban J connectivity index is 1.85. The molecule has 17 heavy (non-hydrogen) atoms. The van der Waals surface area contributed by atoms with Gasteiger partial charge in [-0.3, -0.25) is 0 Å². The van der Waals surface area contributed by atoms with E-state index in [0.717, 1.165) is 30.9 Å². The molecule has 0 saturated carbocycles. The topological polar surface area (TPSA) is 53.7 Å². The molecule has 2 atom stereocenters. The summed E-state index contributed by atoms with van der Waals surface area (Å²) in [5.41, 5.74) is 7.06. The molecular formula is C13H17NO3. The van der Waals surface area contributed by atoms with Gasteiger partial charge in [-0.15, -0.1) is 0 Å². The van der Waals surface area contributed by atoms with E-state index in [1.54, 1.807) is 0 Å². The molecule has 0 radical (unpaired) electrons. The number of nitrogens with two attached hydrogens (primary N) is 1. The van der Waals surface area contributed by atoms with Crippen molar-refractivity contribution in [3.8, 4) is 11.5 Å². The van der Waals surface area contributed by atoms with E-state index in [4.69, 9.17) is 19.9 Å². The van der Waals surface area contributed by atoms with Gasteiger partial charge in [0.25, 0.3) is 0 Å². The zero-order valence-electron chi connectivity index (χ0n) is 9.72. The molecular weight excluding hydrogens is 218 g/mol. The van der Waals surface area contributed by atoms with Gasteiger partial charge >= 0.3 is 0 Å². The predicted octanol–water partition coefficient (Wildman–Crippen LogP) is 1.64. The summed E-state index contributed by atoms with van der Waals surface area (Å²) in [7, 11) is 0. The summed E-state index contributed by atoms with van der Waals surface area (Å²) in [6, 6.07) is 6.05. The van der Waals surface area contributed by atoms with E-state index in [-0.39, 0.29) is 12.0 Å². The Hall–Kier alpha value is -1.26. The largest absolute Gasteiger partial charge is 0.454 e. The normalized spacial score (nSPS) is 23.9. The van der Waals surface area contributed by atoms with Gasteiger partial charge in [-0.2, -0.15) is 0 Å². The van der Waals surface area contributed by atoms with Crippen LogP contribution in [-0.2, 0) is 4.74 Å². The van der Waals surface area contributed by atoms with Gasteiger partial charge in [0.05, 0.1) is 6.10 Å². The molecule has 2 unspecified atom stereocenters. The highest BCUT2D eigenvalue weighted by Crippen LogP contribution is 2.36. The summed E-state index contributed by atoms with van der Waals surface area (Å²) < 4.78 is 16.4. The Morgan fingerprint density at radius 3 is 2.94 bits per heavy atom. The number of ether oxygens (including phenoxy) is 3. The number of hydrogen-bond acceptors (Lipinski definition) is 4. The first kappa shape index (κ1) is 10.9. The highest BCUT2D eigenvalue weighted by Gasteiger charge is 2.27. The van der Waals surface area contributed by atoms with Crippen molar-refractivity contribution in [2.24, 2.45) is 5.73 Å². The van der Waals surface area contributed by atoms with Crippen LogP contribution in [0.15, 0.2) is 18.2 Å². The van der Waals surface area contributed by atoms with Gasteiger partial charge in [-0.1, -0.05) is 6.07 Å². The van der Waals surface area contributed by atoms with Crippen molar-refractivity contribution < 1.29 is 14.2 Å². The summed E-state index contributed by atoms with van der Waals surface area (Å²) in [6.07, 6.45) is 2.47. The lowest BCUT2D eigenvalue weighted by atomic mass is 9.91. The Bertz CT molecular complexity index is 402. The summed E-state index contributed by atoms with van der Waals surface area (Å²) >= 11 is 0. The van der Waals surface area contributed by atoms with Gasteiger partial charge in [0, 0.05) is 19.1 Å². The standard InChI is InChI=1S/C13H17NO3/c14-7-10(11-2-1-5-15-11)9-3-4-12-13(6-9)17-8-16-12/h3-4,6,10-11H,1-2,5,7-8,14H2. The van der Waals surface area contributed by atoms with E-state index >= 15 is 0 Å². The third-order valence-electron chi connectivity index (χ3n) is 3.49. The second-order valence-corrected chi connectivity index (χ2v) is 4.51. The van der Waals surface area contributed by atoms with Crippen LogP contribution in [0.1, 0.15) is 24.3 Å². The zero-order valence-corrected chi connectivity index (χ0v) is 9.72. The molecule has 1 saturated heterocycles. The first-order valence-electron chi connectivity index (χ1n) is 6.09. The highest BCUT2D eigenvalue weighted by molar-refractivity contribution is 5.45. The van der Waals surface area contributed by atoms with Crippen molar-refractivity contribution in [1.82, 2.24) is 0 Å². The minimum Gasteiger partial charge on any atom is -0.454 e. The average molecular weight is 235 g/mol. The van der Waals surface area contributed by atoms with Crippen LogP contribution in [0.3, 0.4) is 0 Å². The van der Waals surface area contributed by atoms with E-state index in [0.29, 0.717) is 13.3 Å². The molecule has 0 bridgehead atoms. The lowest BCUT2D eigenvalue weighted by Crippen LogP contribution is -2.25. The van der Waals surface area contributed by atoms with Crippen molar-refractivity contribution in [3.05, 3.63) is 23.8 Å². The lowest BCUT2D eigenvalue weighted by molar-refractivity contribution is 0.0905. The van der Waals surface area contributed by atoms with Crippen LogP contribution in [0, 0.1) is 0 Å². The second-order valence-electron chi connectivity index (χ2n) is 4.51. The minimum absolute atomic E-state index is 0.250. The zero-order chi connectivity index (χ0) is 11.7. The third-order valence-corrected chi connectivity index (χ3v) is 3.49. The molecule has 2 aliphatic heterocycles. The summed E-state index contributed by atoms with van der Waals surface area (Å²) in [5.74, 6) is 1.89. The first-order chi connectivity index (χ1) is 8.38. The van der Waals surface area contributed by atoms with E-state index < -0.39 is 0 Å². The fourth-order valence-corrected chi connectivity index (χ4v) is 2.57. The van der Waals surface area contributed by atoms with Crippen molar-refractivity contribution >= 4 is 0 Å². The van der Waals surface area contributed by atoms with Gasteiger partial charge in [0.2, 0.25) is 6.79 Å². The number of fused-ring (bicyclic) bond motifs is 1. The maximum Gasteiger partial charge on any atom is 0.231 e. The smallest absolute Gasteiger partial charge is 0.231 e. The van der Waals surface area contributed by atoms with Gasteiger partial charge in [-0.25, -0.2) is 0 Å². The van der Waals surface area contributed by atoms with Crippen LogP contribution in [0.5, 0.6) is 11.5 Å². The van der Waals surface area contributed by atoms with Gasteiger partial charge in [0.1, 0.15) is 0 Å². The highest BCUT2D eigenvalue weighted by atomic mass is 16.7. The van der Waals surface area contributed by atoms with E-state index in [9.17, 15) is 0 Å². The molecule has 1 aromatic carbocycles. The number of rotatable bonds is 3. The summed E-state index contributed by atoms with van der Waals surface area (Å²) in [6.45, 7) is 1.77. The summed E-state index contributed by atoms with van der Waals surface area (Å²) in [4.78, 5) is 0. The molecule has 1 fully saturated rings. The quantitative estimate of drug-likeness (QED) is 0.865. The van der Waals surface area contributed by atoms with Crippen LogP contribution < -0.4 is 15.2 Å². The molecule has 0 amide bonds. The van der Waals surface area contributed by atoms with E-state index in [1.165, 1.54) is 5.56 Å². The third kappa shape index (κ3) is 1.98. The maximum absolute atomic E-state index is 5.88. The molecule has 0 aliphatic carbocycles. The monoisotopic (exact) mass is 235 g/mol. The molecule has 4 nitrogen and oxygen atoms in total. The Labute approximate surface area is 101 Å². The van der Waals surface area contributed by atoms with Crippen molar-refractivity contribution in [2.75, 3.05) is 19.9 Å². The second kappa shape index (κ2) is 4.55. The van der Waals surface area contributed by atoms with Crippen molar-refractivity contribution in [2.45, 2.75) is 24.9 Å². The molecule has 92 valence electrons. The average Bonchev–Trinajstić information content (AvgIpc) is 2.99. The predicted molar refractivity (Wildman–Crippen MR) is 63.3 cm³/mol. The lowest BCUT2D eigenvalue weighted by Gasteiger charge is -2.21. The van der Waals surface area contributed by atoms with Gasteiger partial charge < -0.3 is 19.9 Å². The fraction of sp³-hybridized carbons (Fsp3) is 0.538. The number of hydrogen-bond donors (Lipinski definition) is 1. The molecule has 4 heteroatoms. The fourth-order valence-electron chi connectivity index (χ4n) is 2.57. The first-order valence-corrected chi connectivity index (χ1v) is 6.09. The molecule has 3 rings (SSSR count). The molecule has 0 spiro atoms. The Kier molecular flexibility index (Phi) is 2.91. The molecule has 1 aromatic rings. The SMILES string of the molecule is NCC(c1ccc2c(c1)OCO2)C1CCCO1. The van der Waals surface area contributed by atoms with Gasteiger partial charge in [-0.05, 0) is 30.5 Å². The Morgan fingerprint density at radius 2 is 2.18 bits per heavy atom. The van der Waals surface area contributed by atoms with Crippen LogP contribution in [0.2, 0.25) is 0 Å². The van der Waals surface area contributed by atoms with Crippen LogP contribution in [-0.4, -0.2) is 26.0 Å².